The Balaban J connectivity index is 2.01. The van der Waals surface area contributed by atoms with Crippen molar-refractivity contribution < 1.29 is 22.7 Å². The highest BCUT2D eigenvalue weighted by Crippen LogP contribution is 2.33. The average Bonchev–Trinajstić information content (AvgIpc) is 3.10. The first-order valence-electron chi connectivity index (χ1n) is 9.60. The molecule has 0 amide bonds. The Kier molecular flexibility index (Phi) is 6.57. The molecule has 0 bridgehead atoms. The Labute approximate surface area is 183 Å². The van der Waals surface area contributed by atoms with Gasteiger partial charge >= 0.3 is 6.18 Å². The maximum atomic E-state index is 13.2. The standard InChI is InChI=1S/C23H22ClF3N2O2/c1-15(30)22(2,3)31-14-19-12-21(16-8-6-9-18(11-16)23(25,26)27)29(28-19)13-17-7-4-5-10-20(17)24/h4-12H,13-14H2,1-3H3. The minimum Gasteiger partial charge on any atom is -0.361 e. The van der Waals surface area contributed by atoms with E-state index < -0.39 is 17.3 Å². The van der Waals surface area contributed by atoms with Gasteiger partial charge in [0.1, 0.15) is 5.60 Å². The molecule has 0 spiro atoms. The number of rotatable bonds is 7. The van der Waals surface area contributed by atoms with Crippen LogP contribution < -0.4 is 0 Å². The van der Waals surface area contributed by atoms with Gasteiger partial charge in [0, 0.05) is 10.6 Å². The zero-order valence-electron chi connectivity index (χ0n) is 17.3. The van der Waals surface area contributed by atoms with Gasteiger partial charge in [-0.05, 0) is 50.6 Å². The van der Waals surface area contributed by atoms with Crippen molar-refractivity contribution in [2.24, 2.45) is 0 Å². The molecule has 0 fully saturated rings. The van der Waals surface area contributed by atoms with E-state index in [0.717, 1.165) is 17.7 Å². The fourth-order valence-electron chi connectivity index (χ4n) is 2.89. The number of hydrogen-bond donors (Lipinski definition) is 0. The number of carbonyl (C=O) groups excluding carboxylic acids is 1. The Morgan fingerprint density at radius 3 is 2.45 bits per heavy atom. The van der Waals surface area contributed by atoms with Gasteiger partial charge in [-0.2, -0.15) is 18.3 Å². The average molecular weight is 451 g/mol. The molecule has 0 aliphatic rings. The summed E-state index contributed by atoms with van der Waals surface area (Å²) in [6, 6.07) is 13.9. The van der Waals surface area contributed by atoms with Crippen molar-refractivity contribution >= 4 is 17.4 Å². The van der Waals surface area contributed by atoms with E-state index in [4.69, 9.17) is 16.3 Å². The van der Waals surface area contributed by atoms with Gasteiger partial charge in [0.2, 0.25) is 0 Å². The highest BCUT2D eigenvalue weighted by molar-refractivity contribution is 6.31. The number of alkyl halides is 3. The Morgan fingerprint density at radius 1 is 1.10 bits per heavy atom. The van der Waals surface area contributed by atoms with Crippen LogP contribution in [0.4, 0.5) is 13.2 Å². The van der Waals surface area contributed by atoms with Crippen molar-refractivity contribution in [2.45, 2.75) is 45.7 Å². The lowest BCUT2D eigenvalue weighted by molar-refractivity contribution is -0.139. The largest absolute Gasteiger partial charge is 0.416 e. The summed E-state index contributed by atoms with van der Waals surface area (Å²) in [6.07, 6.45) is -4.46. The molecule has 1 aromatic heterocycles. The summed E-state index contributed by atoms with van der Waals surface area (Å²) in [5.74, 6) is -0.138. The lowest BCUT2D eigenvalue weighted by Crippen LogP contribution is -2.32. The van der Waals surface area contributed by atoms with Crippen LogP contribution in [0.3, 0.4) is 0 Å². The van der Waals surface area contributed by atoms with Gasteiger partial charge in [0.15, 0.2) is 5.78 Å². The number of nitrogens with zero attached hydrogens (tertiary/aromatic N) is 2. The van der Waals surface area contributed by atoms with Crippen molar-refractivity contribution in [3.8, 4) is 11.3 Å². The van der Waals surface area contributed by atoms with E-state index in [-0.39, 0.29) is 18.9 Å². The number of Topliss-reactive ketones (excluding diaryl/α,β-unsaturated/α-hetero) is 1. The van der Waals surface area contributed by atoms with Crippen molar-refractivity contribution in [2.75, 3.05) is 0 Å². The predicted octanol–water partition coefficient (Wildman–Crippen LogP) is 6.15. The van der Waals surface area contributed by atoms with E-state index >= 15 is 0 Å². The van der Waals surface area contributed by atoms with Gasteiger partial charge in [0.25, 0.3) is 0 Å². The number of aromatic nitrogens is 2. The SMILES string of the molecule is CC(=O)C(C)(C)OCc1cc(-c2cccc(C(F)(F)F)c2)n(Cc2ccccc2Cl)n1. The normalized spacial score (nSPS) is 12.2. The summed E-state index contributed by atoms with van der Waals surface area (Å²) in [4.78, 5) is 11.7. The first-order chi connectivity index (χ1) is 14.5. The molecule has 3 aromatic rings. The number of benzene rings is 2. The summed E-state index contributed by atoms with van der Waals surface area (Å²) >= 11 is 6.27. The summed E-state index contributed by atoms with van der Waals surface area (Å²) in [7, 11) is 0. The minimum atomic E-state index is -4.46. The van der Waals surface area contributed by atoms with E-state index in [1.807, 2.05) is 12.1 Å². The number of hydrogen-bond acceptors (Lipinski definition) is 3. The van der Waals surface area contributed by atoms with Crippen molar-refractivity contribution in [1.29, 1.82) is 0 Å². The molecule has 0 atom stereocenters. The fourth-order valence-corrected chi connectivity index (χ4v) is 3.09. The molecule has 0 aliphatic carbocycles. The van der Waals surface area contributed by atoms with Gasteiger partial charge in [-0.15, -0.1) is 0 Å². The molecule has 0 radical (unpaired) electrons. The Bertz CT molecular complexity index is 1090. The zero-order valence-corrected chi connectivity index (χ0v) is 18.1. The van der Waals surface area contributed by atoms with E-state index in [9.17, 15) is 18.0 Å². The molecule has 0 unspecified atom stereocenters. The van der Waals surface area contributed by atoms with Crippen LogP contribution in [-0.4, -0.2) is 21.2 Å². The molecule has 0 aliphatic heterocycles. The van der Waals surface area contributed by atoms with Gasteiger partial charge in [0.05, 0.1) is 30.1 Å². The van der Waals surface area contributed by atoms with Crippen LogP contribution in [-0.2, 0) is 28.9 Å². The summed E-state index contributed by atoms with van der Waals surface area (Å²) < 4.78 is 47.0. The predicted molar refractivity (Wildman–Crippen MR) is 113 cm³/mol. The first kappa shape index (κ1) is 23.0. The van der Waals surface area contributed by atoms with Crippen LogP contribution >= 0.6 is 11.6 Å². The quantitative estimate of drug-likeness (QED) is 0.433. The van der Waals surface area contributed by atoms with E-state index in [0.29, 0.717) is 22.0 Å². The molecule has 164 valence electrons. The lowest BCUT2D eigenvalue weighted by Gasteiger charge is -2.21. The minimum absolute atomic E-state index is 0.0358. The molecule has 2 aromatic carbocycles. The molecule has 3 rings (SSSR count). The van der Waals surface area contributed by atoms with Crippen LogP contribution in [0.1, 0.15) is 37.6 Å². The molecule has 0 N–H and O–H groups in total. The molecule has 4 nitrogen and oxygen atoms in total. The molecule has 31 heavy (non-hydrogen) atoms. The second-order valence-electron chi connectivity index (χ2n) is 7.70. The zero-order chi connectivity index (χ0) is 22.8. The molecule has 0 saturated carbocycles. The van der Waals surface area contributed by atoms with Crippen molar-refractivity contribution in [3.05, 3.63) is 76.4 Å². The fraction of sp³-hybridized carbons (Fsp3) is 0.304. The summed E-state index contributed by atoms with van der Waals surface area (Å²) in [6.45, 7) is 5.05. The van der Waals surface area contributed by atoms with Crippen LogP contribution in [0.25, 0.3) is 11.3 Å². The second-order valence-corrected chi connectivity index (χ2v) is 8.11. The molecule has 1 heterocycles. The van der Waals surface area contributed by atoms with Crippen LogP contribution in [0.5, 0.6) is 0 Å². The van der Waals surface area contributed by atoms with Crippen LogP contribution in [0.15, 0.2) is 54.6 Å². The lowest BCUT2D eigenvalue weighted by atomic mass is 10.1. The summed E-state index contributed by atoms with van der Waals surface area (Å²) in [5.41, 5.74) is 0.386. The van der Waals surface area contributed by atoms with Gasteiger partial charge in [-0.3, -0.25) is 9.48 Å². The third-order valence-corrected chi connectivity index (χ3v) is 5.39. The Hall–Kier alpha value is -2.64. The highest BCUT2D eigenvalue weighted by atomic mass is 35.5. The van der Waals surface area contributed by atoms with E-state index in [1.54, 1.807) is 42.8 Å². The second kappa shape index (κ2) is 8.85. The number of carbonyl (C=O) groups is 1. The van der Waals surface area contributed by atoms with Crippen LogP contribution in [0.2, 0.25) is 5.02 Å². The molecule has 0 saturated heterocycles. The topological polar surface area (TPSA) is 44.1 Å². The number of ether oxygens (including phenoxy) is 1. The van der Waals surface area contributed by atoms with Crippen LogP contribution in [0, 0.1) is 0 Å². The highest BCUT2D eigenvalue weighted by Gasteiger charge is 2.31. The van der Waals surface area contributed by atoms with E-state index in [2.05, 4.69) is 5.10 Å². The first-order valence-corrected chi connectivity index (χ1v) is 9.98. The third kappa shape index (κ3) is 5.54. The molecular formula is C23H22ClF3N2O2. The number of ketones is 1. The van der Waals surface area contributed by atoms with Crippen molar-refractivity contribution in [3.63, 3.8) is 0 Å². The van der Waals surface area contributed by atoms with Gasteiger partial charge in [-0.1, -0.05) is 41.9 Å². The monoisotopic (exact) mass is 450 g/mol. The maximum absolute atomic E-state index is 13.2. The summed E-state index contributed by atoms with van der Waals surface area (Å²) in [5, 5.41) is 5.05. The third-order valence-electron chi connectivity index (χ3n) is 5.02. The van der Waals surface area contributed by atoms with E-state index in [1.165, 1.54) is 13.0 Å². The van der Waals surface area contributed by atoms with Gasteiger partial charge in [-0.25, -0.2) is 0 Å². The smallest absolute Gasteiger partial charge is 0.361 e. The van der Waals surface area contributed by atoms with Crippen molar-refractivity contribution in [1.82, 2.24) is 9.78 Å². The molecule has 8 heteroatoms. The Morgan fingerprint density at radius 2 is 1.81 bits per heavy atom. The number of halogens is 4. The molecular weight excluding hydrogens is 429 g/mol. The van der Waals surface area contributed by atoms with Gasteiger partial charge < -0.3 is 4.74 Å². The maximum Gasteiger partial charge on any atom is 0.416 e.